The maximum atomic E-state index is 13.6. The van der Waals surface area contributed by atoms with Crippen LogP contribution in [0.1, 0.15) is 10.4 Å². The molecule has 30 heavy (non-hydrogen) atoms. The average Bonchev–Trinajstić information content (AvgIpc) is 3.16. The molecule has 0 saturated carbocycles. The van der Waals surface area contributed by atoms with E-state index in [1.54, 1.807) is 0 Å². The Morgan fingerprint density at radius 2 is 1.77 bits per heavy atom. The number of halogens is 5. The lowest BCUT2D eigenvalue weighted by Crippen LogP contribution is -2.15. The molecule has 6 nitrogen and oxygen atoms in total. The number of thioether (sulfide) groups is 1. The van der Waals surface area contributed by atoms with E-state index in [1.807, 2.05) is 0 Å². The highest BCUT2D eigenvalue weighted by Crippen LogP contribution is 2.27. The predicted molar refractivity (Wildman–Crippen MR) is 110 cm³/mol. The van der Waals surface area contributed by atoms with Gasteiger partial charge in [0.05, 0.1) is 21.5 Å². The minimum Gasteiger partial charge on any atom is -0.323 e. The summed E-state index contributed by atoms with van der Waals surface area (Å²) in [7, 11) is 0. The molecule has 0 bridgehead atoms. The molecule has 0 spiro atoms. The quantitative estimate of drug-likeness (QED) is 0.279. The first-order chi connectivity index (χ1) is 14.2. The molecular formula is C17H9Cl2F3N4O2S2. The fraction of sp³-hybridized carbons (Fsp3) is 0.0588. The molecule has 156 valence electrons. The van der Waals surface area contributed by atoms with E-state index in [-0.39, 0.29) is 21.5 Å². The highest BCUT2D eigenvalue weighted by Gasteiger charge is 2.16. The number of carbonyl (C=O) groups excluding carboxylic acids is 2. The smallest absolute Gasteiger partial charge is 0.257 e. The molecule has 13 heteroatoms. The molecule has 0 atom stereocenters. The molecule has 3 rings (SSSR count). The summed E-state index contributed by atoms with van der Waals surface area (Å²) in [5.74, 6) is -5.87. The van der Waals surface area contributed by atoms with Crippen molar-refractivity contribution in [2.24, 2.45) is 0 Å². The molecule has 0 unspecified atom stereocenters. The van der Waals surface area contributed by atoms with Crippen LogP contribution in [0.5, 0.6) is 0 Å². The molecule has 2 aromatic carbocycles. The number of nitrogens with zero attached hydrogens (tertiary/aromatic N) is 2. The number of nitrogens with one attached hydrogen (secondary N) is 2. The summed E-state index contributed by atoms with van der Waals surface area (Å²) in [6.45, 7) is 0. The fourth-order valence-electron chi connectivity index (χ4n) is 2.06. The summed E-state index contributed by atoms with van der Waals surface area (Å²) in [4.78, 5) is 24.1. The molecule has 3 aromatic rings. The topological polar surface area (TPSA) is 84.0 Å². The normalized spacial score (nSPS) is 10.7. The number of rotatable bonds is 6. The number of aromatic nitrogens is 2. The van der Waals surface area contributed by atoms with E-state index in [0.717, 1.165) is 29.2 Å². The van der Waals surface area contributed by atoms with Crippen LogP contribution in [0.4, 0.5) is 24.0 Å². The van der Waals surface area contributed by atoms with Crippen molar-refractivity contribution < 1.29 is 22.8 Å². The van der Waals surface area contributed by atoms with Crippen molar-refractivity contribution in [2.75, 3.05) is 16.4 Å². The third-order valence-corrected chi connectivity index (χ3v) is 6.16. The van der Waals surface area contributed by atoms with E-state index in [1.165, 1.54) is 18.2 Å². The number of hydrogen-bond acceptors (Lipinski definition) is 6. The van der Waals surface area contributed by atoms with Gasteiger partial charge < -0.3 is 5.32 Å². The van der Waals surface area contributed by atoms with E-state index in [2.05, 4.69) is 20.8 Å². The van der Waals surface area contributed by atoms with Crippen molar-refractivity contribution in [2.45, 2.75) is 4.34 Å². The van der Waals surface area contributed by atoms with Gasteiger partial charge in [-0.3, -0.25) is 14.9 Å². The first kappa shape index (κ1) is 22.3. The second-order valence-electron chi connectivity index (χ2n) is 5.52. The Hall–Kier alpha value is -2.34. The lowest BCUT2D eigenvalue weighted by atomic mass is 10.2. The maximum absolute atomic E-state index is 13.6. The number of benzene rings is 2. The van der Waals surface area contributed by atoms with Gasteiger partial charge in [0.2, 0.25) is 11.0 Å². The summed E-state index contributed by atoms with van der Waals surface area (Å²) in [5, 5.41) is 13.0. The molecule has 2 amide bonds. The number of anilines is 2. The third-order valence-electron chi connectivity index (χ3n) is 3.44. The van der Waals surface area contributed by atoms with Gasteiger partial charge in [-0.2, -0.15) is 0 Å². The van der Waals surface area contributed by atoms with Crippen LogP contribution < -0.4 is 10.6 Å². The first-order valence-corrected chi connectivity index (χ1v) is 10.5. The molecule has 0 fully saturated rings. The Labute approximate surface area is 185 Å². The average molecular weight is 493 g/mol. The van der Waals surface area contributed by atoms with Gasteiger partial charge in [0.25, 0.3) is 5.91 Å². The summed E-state index contributed by atoms with van der Waals surface area (Å²) in [6.07, 6.45) is 0. The van der Waals surface area contributed by atoms with Gasteiger partial charge >= 0.3 is 0 Å². The van der Waals surface area contributed by atoms with Crippen LogP contribution in [0.2, 0.25) is 10.0 Å². The summed E-state index contributed by atoms with van der Waals surface area (Å²) in [5.41, 5.74) is -0.215. The van der Waals surface area contributed by atoms with Crippen molar-refractivity contribution in [3.05, 3.63) is 63.4 Å². The van der Waals surface area contributed by atoms with E-state index < -0.39 is 35.0 Å². The summed E-state index contributed by atoms with van der Waals surface area (Å²) in [6, 6.07) is 5.99. The standard InChI is InChI=1S/C17H9Cl2F3N4O2S2/c18-8-2-1-7(5-9(8)19)15(28)24-16-25-26-17(30-16)29-6-12(27)23-11-4-3-10(20)13(21)14(11)22/h1-5H,6H2,(H,23,27)(H,24,25,28). The lowest BCUT2D eigenvalue weighted by Gasteiger charge is -2.06. The Balaban J connectivity index is 1.55. The monoisotopic (exact) mass is 492 g/mol. The SMILES string of the molecule is O=C(CSc1nnc(NC(=O)c2ccc(Cl)c(Cl)c2)s1)Nc1ccc(F)c(F)c1F. The van der Waals surface area contributed by atoms with Gasteiger partial charge in [0.15, 0.2) is 21.8 Å². The van der Waals surface area contributed by atoms with E-state index >= 15 is 0 Å². The van der Waals surface area contributed by atoms with Gasteiger partial charge in [-0.15, -0.1) is 10.2 Å². The molecule has 0 saturated heterocycles. The number of carbonyl (C=O) groups is 2. The first-order valence-electron chi connectivity index (χ1n) is 7.90. The van der Waals surface area contributed by atoms with Gasteiger partial charge in [-0.25, -0.2) is 13.2 Å². The molecule has 0 radical (unpaired) electrons. The zero-order chi connectivity index (χ0) is 21.8. The van der Waals surface area contributed by atoms with Crippen LogP contribution in [-0.2, 0) is 4.79 Å². The number of amides is 2. The van der Waals surface area contributed by atoms with E-state index in [9.17, 15) is 22.8 Å². The van der Waals surface area contributed by atoms with Crippen molar-refractivity contribution in [3.63, 3.8) is 0 Å². The van der Waals surface area contributed by atoms with E-state index in [4.69, 9.17) is 23.2 Å². The third kappa shape index (κ3) is 5.42. The largest absolute Gasteiger partial charge is 0.323 e. The molecule has 0 aliphatic carbocycles. The minimum absolute atomic E-state index is 0.181. The molecular weight excluding hydrogens is 484 g/mol. The maximum Gasteiger partial charge on any atom is 0.257 e. The van der Waals surface area contributed by atoms with Crippen molar-refractivity contribution in [1.82, 2.24) is 10.2 Å². The molecule has 0 aliphatic heterocycles. The van der Waals surface area contributed by atoms with Gasteiger partial charge in [-0.1, -0.05) is 46.3 Å². The van der Waals surface area contributed by atoms with Crippen LogP contribution in [0, 0.1) is 17.5 Å². The Morgan fingerprint density at radius 3 is 2.50 bits per heavy atom. The van der Waals surface area contributed by atoms with Crippen LogP contribution in [0.3, 0.4) is 0 Å². The van der Waals surface area contributed by atoms with E-state index in [0.29, 0.717) is 15.4 Å². The Kier molecular flexibility index (Phi) is 7.19. The highest BCUT2D eigenvalue weighted by atomic mass is 35.5. The molecule has 2 N–H and O–H groups in total. The van der Waals surface area contributed by atoms with Gasteiger partial charge in [-0.05, 0) is 30.3 Å². The van der Waals surface area contributed by atoms with Crippen LogP contribution >= 0.6 is 46.3 Å². The van der Waals surface area contributed by atoms with Gasteiger partial charge in [0.1, 0.15) is 0 Å². The van der Waals surface area contributed by atoms with Crippen molar-refractivity contribution in [3.8, 4) is 0 Å². The lowest BCUT2D eigenvalue weighted by molar-refractivity contribution is -0.113. The van der Waals surface area contributed by atoms with Crippen molar-refractivity contribution in [1.29, 1.82) is 0 Å². The molecule has 1 heterocycles. The van der Waals surface area contributed by atoms with Crippen LogP contribution in [0.15, 0.2) is 34.7 Å². The van der Waals surface area contributed by atoms with Crippen LogP contribution in [-0.4, -0.2) is 27.8 Å². The zero-order valence-corrected chi connectivity index (χ0v) is 17.7. The van der Waals surface area contributed by atoms with Crippen molar-refractivity contribution >= 4 is 68.9 Å². The minimum atomic E-state index is -1.67. The zero-order valence-electron chi connectivity index (χ0n) is 14.5. The van der Waals surface area contributed by atoms with Crippen LogP contribution in [0.25, 0.3) is 0 Å². The fourth-order valence-corrected chi connectivity index (χ4v) is 3.91. The van der Waals surface area contributed by atoms with Gasteiger partial charge in [0, 0.05) is 5.56 Å². The Morgan fingerprint density at radius 1 is 1.00 bits per heavy atom. The highest BCUT2D eigenvalue weighted by molar-refractivity contribution is 8.01. The molecule has 1 aromatic heterocycles. The predicted octanol–water partition coefficient (Wildman–Crippen LogP) is 5.25. The molecule has 0 aliphatic rings. The number of hydrogen-bond donors (Lipinski definition) is 2. The second kappa shape index (κ2) is 9.65. The summed E-state index contributed by atoms with van der Waals surface area (Å²) >= 11 is 13.7. The second-order valence-corrected chi connectivity index (χ2v) is 8.53. The Bertz CT molecular complexity index is 1130. The summed E-state index contributed by atoms with van der Waals surface area (Å²) < 4.78 is 40.0.